The van der Waals surface area contributed by atoms with Gasteiger partial charge in [-0.2, -0.15) is 0 Å². The molecule has 2 aromatic rings. The van der Waals surface area contributed by atoms with E-state index in [2.05, 4.69) is 17.4 Å². The van der Waals surface area contributed by atoms with Gasteiger partial charge in [0.2, 0.25) is 0 Å². The third kappa shape index (κ3) is 3.11. The lowest BCUT2D eigenvalue weighted by Gasteiger charge is -2.18. The molecule has 0 spiro atoms. The summed E-state index contributed by atoms with van der Waals surface area (Å²) in [4.78, 5) is 0. The van der Waals surface area contributed by atoms with Crippen LogP contribution >= 0.6 is 23.2 Å². The van der Waals surface area contributed by atoms with Crippen molar-refractivity contribution in [2.45, 2.75) is 19.9 Å². The Balaban J connectivity index is 2.43. The predicted octanol–water partition coefficient (Wildman–Crippen LogP) is 4.92. The molecule has 0 aliphatic heterocycles. The van der Waals surface area contributed by atoms with Gasteiger partial charge in [0.05, 0.1) is 6.04 Å². The number of halogens is 2. The third-order valence-electron chi connectivity index (χ3n) is 3.35. The summed E-state index contributed by atoms with van der Waals surface area (Å²) in [5.74, 6) is 0. The predicted molar refractivity (Wildman–Crippen MR) is 83.3 cm³/mol. The fourth-order valence-electron chi connectivity index (χ4n) is 2.10. The summed E-state index contributed by atoms with van der Waals surface area (Å²) in [6, 6.07) is 12.4. The van der Waals surface area contributed by atoms with E-state index in [9.17, 15) is 0 Å². The molecule has 0 aromatic heterocycles. The van der Waals surface area contributed by atoms with Crippen LogP contribution in [0, 0.1) is 13.8 Å². The second kappa shape index (κ2) is 5.96. The van der Waals surface area contributed by atoms with Gasteiger partial charge >= 0.3 is 0 Å². The molecule has 0 aliphatic carbocycles. The fourth-order valence-corrected chi connectivity index (χ4v) is 2.48. The number of hydrogen-bond donors (Lipinski definition) is 1. The van der Waals surface area contributed by atoms with Crippen LogP contribution in [0.3, 0.4) is 0 Å². The molecule has 100 valence electrons. The van der Waals surface area contributed by atoms with E-state index in [-0.39, 0.29) is 6.04 Å². The summed E-state index contributed by atoms with van der Waals surface area (Å²) in [6.45, 7) is 4.01. The molecule has 19 heavy (non-hydrogen) atoms. The average Bonchev–Trinajstić information content (AvgIpc) is 2.39. The van der Waals surface area contributed by atoms with Crippen LogP contribution in [0.5, 0.6) is 0 Å². The van der Waals surface area contributed by atoms with Crippen LogP contribution in [0.1, 0.15) is 28.3 Å². The molecule has 0 aliphatic rings. The van der Waals surface area contributed by atoms with Crippen LogP contribution in [0.2, 0.25) is 10.0 Å². The summed E-state index contributed by atoms with van der Waals surface area (Å²) in [5, 5.41) is 4.89. The Kier molecular flexibility index (Phi) is 4.51. The topological polar surface area (TPSA) is 12.0 Å². The Morgan fingerprint density at radius 2 is 1.26 bits per heavy atom. The largest absolute Gasteiger partial charge is 0.309 e. The van der Waals surface area contributed by atoms with E-state index < -0.39 is 0 Å². The van der Waals surface area contributed by atoms with Gasteiger partial charge in [-0.15, -0.1) is 0 Å². The van der Waals surface area contributed by atoms with E-state index in [1.807, 2.05) is 45.2 Å². The molecule has 0 amide bonds. The van der Waals surface area contributed by atoms with Crippen LogP contribution in [0.15, 0.2) is 36.4 Å². The van der Waals surface area contributed by atoms with Gasteiger partial charge in [-0.25, -0.2) is 0 Å². The zero-order chi connectivity index (χ0) is 14.0. The van der Waals surface area contributed by atoms with Gasteiger partial charge in [0, 0.05) is 10.0 Å². The molecule has 0 heterocycles. The molecule has 1 nitrogen and oxygen atoms in total. The van der Waals surface area contributed by atoms with Crippen molar-refractivity contribution in [3.63, 3.8) is 0 Å². The van der Waals surface area contributed by atoms with Gasteiger partial charge in [0.15, 0.2) is 0 Å². The number of aryl methyl sites for hydroxylation is 2. The first-order chi connectivity index (χ1) is 9.02. The first kappa shape index (κ1) is 14.4. The third-order valence-corrected chi connectivity index (χ3v) is 4.16. The Morgan fingerprint density at radius 3 is 1.58 bits per heavy atom. The minimum absolute atomic E-state index is 0.0937. The number of hydrogen-bond acceptors (Lipinski definition) is 1. The second-order valence-corrected chi connectivity index (χ2v) is 5.55. The second-order valence-electron chi connectivity index (χ2n) is 4.74. The highest BCUT2D eigenvalue weighted by molar-refractivity contribution is 6.31. The van der Waals surface area contributed by atoms with Gasteiger partial charge in [0.1, 0.15) is 0 Å². The van der Waals surface area contributed by atoms with Gasteiger partial charge in [-0.05, 0) is 55.3 Å². The maximum Gasteiger partial charge on any atom is 0.0575 e. The van der Waals surface area contributed by atoms with Gasteiger partial charge in [-0.3, -0.25) is 0 Å². The van der Waals surface area contributed by atoms with Crippen LogP contribution in [-0.4, -0.2) is 7.05 Å². The lowest BCUT2D eigenvalue weighted by molar-refractivity contribution is 0.691. The van der Waals surface area contributed by atoms with Gasteiger partial charge in [-0.1, -0.05) is 47.5 Å². The van der Waals surface area contributed by atoms with Crippen molar-refractivity contribution in [2.24, 2.45) is 0 Å². The van der Waals surface area contributed by atoms with Gasteiger partial charge in [0.25, 0.3) is 0 Å². The molecule has 0 unspecified atom stereocenters. The van der Waals surface area contributed by atoms with E-state index >= 15 is 0 Å². The SMILES string of the molecule is CNC(c1ccc(C)c(Cl)c1)c1ccc(C)c(Cl)c1. The normalized spacial score (nSPS) is 11.1. The minimum atomic E-state index is 0.0937. The van der Waals surface area contributed by atoms with Crippen LogP contribution in [0.25, 0.3) is 0 Å². The molecule has 0 saturated heterocycles. The highest BCUT2D eigenvalue weighted by Crippen LogP contribution is 2.28. The number of rotatable bonds is 3. The average molecular weight is 294 g/mol. The molecule has 0 radical (unpaired) electrons. The molecule has 0 fully saturated rings. The highest BCUT2D eigenvalue weighted by atomic mass is 35.5. The quantitative estimate of drug-likeness (QED) is 0.847. The molecular formula is C16H17Cl2N. The molecule has 0 atom stereocenters. The summed E-state index contributed by atoms with van der Waals surface area (Å²) in [7, 11) is 1.94. The van der Waals surface area contributed by atoms with E-state index in [1.54, 1.807) is 0 Å². The van der Waals surface area contributed by atoms with Crippen molar-refractivity contribution >= 4 is 23.2 Å². The lowest BCUT2D eigenvalue weighted by atomic mass is 9.97. The first-order valence-corrected chi connectivity index (χ1v) is 6.98. The monoisotopic (exact) mass is 293 g/mol. The van der Waals surface area contributed by atoms with Crippen molar-refractivity contribution in [1.82, 2.24) is 5.32 Å². The Bertz CT molecular complexity index is 542. The molecule has 2 rings (SSSR count). The van der Waals surface area contributed by atoms with Gasteiger partial charge < -0.3 is 5.32 Å². The Labute approximate surface area is 124 Å². The zero-order valence-corrected chi connectivity index (χ0v) is 12.8. The molecule has 0 saturated carbocycles. The van der Waals surface area contributed by atoms with Crippen molar-refractivity contribution in [3.8, 4) is 0 Å². The summed E-state index contributed by atoms with van der Waals surface area (Å²) >= 11 is 12.4. The minimum Gasteiger partial charge on any atom is -0.309 e. The van der Waals surface area contributed by atoms with Crippen LogP contribution < -0.4 is 5.32 Å². The van der Waals surface area contributed by atoms with Crippen molar-refractivity contribution in [1.29, 1.82) is 0 Å². The summed E-state index contributed by atoms with van der Waals surface area (Å²) in [6.07, 6.45) is 0. The first-order valence-electron chi connectivity index (χ1n) is 6.22. The van der Waals surface area contributed by atoms with E-state index in [0.29, 0.717) is 0 Å². The zero-order valence-electron chi connectivity index (χ0n) is 11.3. The highest BCUT2D eigenvalue weighted by Gasteiger charge is 2.13. The van der Waals surface area contributed by atoms with Crippen molar-refractivity contribution in [2.75, 3.05) is 7.05 Å². The van der Waals surface area contributed by atoms with Crippen molar-refractivity contribution in [3.05, 3.63) is 68.7 Å². The Morgan fingerprint density at radius 1 is 0.842 bits per heavy atom. The maximum atomic E-state index is 6.20. The smallest absolute Gasteiger partial charge is 0.0575 e. The standard InChI is InChI=1S/C16H17Cl2N/c1-10-4-6-12(8-14(10)17)16(19-3)13-7-5-11(2)15(18)9-13/h4-9,16,19H,1-3H3. The van der Waals surface area contributed by atoms with Crippen molar-refractivity contribution < 1.29 is 0 Å². The van der Waals surface area contributed by atoms with E-state index in [1.165, 1.54) is 0 Å². The molecule has 1 N–H and O–H groups in total. The molecule has 3 heteroatoms. The molecule has 0 bridgehead atoms. The summed E-state index contributed by atoms with van der Waals surface area (Å²) in [5.41, 5.74) is 4.44. The Hall–Kier alpha value is -1.02. The lowest BCUT2D eigenvalue weighted by Crippen LogP contribution is -2.17. The summed E-state index contributed by atoms with van der Waals surface area (Å²) < 4.78 is 0. The fraction of sp³-hybridized carbons (Fsp3) is 0.250. The van der Waals surface area contributed by atoms with E-state index in [4.69, 9.17) is 23.2 Å². The molecular weight excluding hydrogens is 277 g/mol. The van der Waals surface area contributed by atoms with E-state index in [0.717, 1.165) is 32.3 Å². The number of nitrogens with one attached hydrogen (secondary N) is 1. The number of benzene rings is 2. The van der Waals surface area contributed by atoms with Crippen LogP contribution in [-0.2, 0) is 0 Å². The molecule has 2 aromatic carbocycles. The van der Waals surface area contributed by atoms with Crippen LogP contribution in [0.4, 0.5) is 0 Å². The maximum absolute atomic E-state index is 6.20.